The molecule has 1 amide bonds. The maximum atomic E-state index is 11.7. The summed E-state index contributed by atoms with van der Waals surface area (Å²) in [6.45, 7) is -0.331. The fourth-order valence-electron chi connectivity index (χ4n) is 1.37. The number of ether oxygens (including phenoxy) is 1. The molecule has 0 aromatic carbocycles. The molecule has 1 aromatic heterocycles. The van der Waals surface area contributed by atoms with Crippen LogP contribution in [0.2, 0.25) is 0 Å². The van der Waals surface area contributed by atoms with Crippen molar-refractivity contribution in [3.05, 3.63) is 11.8 Å². The Bertz CT molecular complexity index is 443. The van der Waals surface area contributed by atoms with Gasteiger partial charge in [0.05, 0.1) is 7.11 Å². The Kier molecular flexibility index (Phi) is 4.67. The molecule has 1 aromatic rings. The zero-order chi connectivity index (χ0) is 13.7. The molecule has 0 aliphatic heterocycles. The number of nitrogens with one attached hydrogen (secondary N) is 1. The molecule has 0 aliphatic carbocycles. The standard InChI is InChI=1S/C10H15N3O5/c1-13-8(18-2)5-7(12-13)9(15)11-6(3-4-14)10(16)17/h5-6,14H,3-4H2,1-2H3,(H,11,15)(H,16,17)/t6-/m1/s1. The summed E-state index contributed by atoms with van der Waals surface area (Å²) in [7, 11) is 3.03. The van der Waals surface area contributed by atoms with Gasteiger partial charge in [-0.15, -0.1) is 0 Å². The molecule has 0 bridgehead atoms. The Morgan fingerprint density at radius 3 is 2.72 bits per heavy atom. The van der Waals surface area contributed by atoms with Gasteiger partial charge in [-0.2, -0.15) is 5.10 Å². The molecular formula is C10H15N3O5. The molecule has 0 aliphatic rings. The molecule has 3 N–H and O–H groups in total. The van der Waals surface area contributed by atoms with Gasteiger partial charge in [0.25, 0.3) is 5.91 Å². The van der Waals surface area contributed by atoms with Crippen LogP contribution in [0.15, 0.2) is 6.07 Å². The highest BCUT2D eigenvalue weighted by molar-refractivity contribution is 5.95. The minimum Gasteiger partial charge on any atom is -0.481 e. The van der Waals surface area contributed by atoms with Crippen LogP contribution in [0.4, 0.5) is 0 Å². The number of hydrogen-bond donors (Lipinski definition) is 3. The lowest BCUT2D eigenvalue weighted by Gasteiger charge is -2.11. The molecule has 8 nitrogen and oxygen atoms in total. The summed E-state index contributed by atoms with van der Waals surface area (Å²) >= 11 is 0. The van der Waals surface area contributed by atoms with Crippen LogP contribution < -0.4 is 10.1 Å². The van der Waals surface area contributed by atoms with E-state index in [0.717, 1.165) is 0 Å². The van der Waals surface area contributed by atoms with Crippen LogP contribution in [0, 0.1) is 0 Å². The van der Waals surface area contributed by atoms with Crippen LogP contribution in [-0.2, 0) is 11.8 Å². The van der Waals surface area contributed by atoms with Crippen LogP contribution in [0.25, 0.3) is 0 Å². The molecule has 0 saturated heterocycles. The van der Waals surface area contributed by atoms with E-state index in [9.17, 15) is 9.59 Å². The first-order chi connectivity index (χ1) is 8.49. The summed E-state index contributed by atoms with van der Waals surface area (Å²) in [5.41, 5.74) is 0.0542. The number of methoxy groups -OCH3 is 1. The maximum Gasteiger partial charge on any atom is 0.326 e. The first-order valence-corrected chi connectivity index (χ1v) is 5.22. The highest BCUT2D eigenvalue weighted by atomic mass is 16.5. The van der Waals surface area contributed by atoms with E-state index in [1.807, 2.05) is 0 Å². The van der Waals surface area contributed by atoms with Crippen molar-refractivity contribution in [1.82, 2.24) is 15.1 Å². The molecule has 0 saturated carbocycles. The van der Waals surface area contributed by atoms with Gasteiger partial charge >= 0.3 is 5.97 Å². The van der Waals surface area contributed by atoms with Crippen molar-refractivity contribution in [2.24, 2.45) is 7.05 Å². The minimum absolute atomic E-state index is 0.0542. The van der Waals surface area contributed by atoms with E-state index in [0.29, 0.717) is 5.88 Å². The SMILES string of the molecule is COc1cc(C(=O)N[C@H](CCO)C(=O)O)nn1C. The largest absolute Gasteiger partial charge is 0.481 e. The molecule has 1 rings (SSSR count). The molecule has 0 radical (unpaired) electrons. The van der Waals surface area contributed by atoms with Gasteiger partial charge in [-0.1, -0.05) is 0 Å². The number of carboxylic acid groups (broad SMARTS) is 1. The van der Waals surface area contributed by atoms with Crippen molar-refractivity contribution >= 4 is 11.9 Å². The second-order valence-corrected chi connectivity index (χ2v) is 3.57. The first-order valence-electron chi connectivity index (χ1n) is 5.22. The fourth-order valence-corrected chi connectivity index (χ4v) is 1.37. The average molecular weight is 257 g/mol. The number of carbonyl (C=O) groups is 2. The molecule has 8 heteroatoms. The maximum absolute atomic E-state index is 11.7. The van der Waals surface area contributed by atoms with Crippen LogP contribution in [-0.4, -0.2) is 51.6 Å². The molecular weight excluding hydrogens is 242 g/mol. The Labute approximate surface area is 103 Å². The van der Waals surface area contributed by atoms with E-state index >= 15 is 0 Å². The molecule has 1 heterocycles. The number of aliphatic carboxylic acids is 1. The minimum atomic E-state index is -1.21. The lowest BCUT2D eigenvalue weighted by molar-refractivity contribution is -0.139. The van der Waals surface area contributed by atoms with Crippen molar-refractivity contribution in [3.8, 4) is 5.88 Å². The second-order valence-electron chi connectivity index (χ2n) is 3.57. The van der Waals surface area contributed by atoms with Crippen LogP contribution >= 0.6 is 0 Å². The molecule has 0 unspecified atom stereocenters. The number of aliphatic hydroxyl groups excluding tert-OH is 1. The monoisotopic (exact) mass is 257 g/mol. The predicted octanol–water partition coefficient (Wildman–Crippen LogP) is -1.01. The fraction of sp³-hybridized carbons (Fsp3) is 0.500. The Hall–Kier alpha value is -2.09. The first kappa shape index (κ1) is 14.0. The lowest BCUT2D eigenvalue weighted by atomic mass is 10.2. The van der Waals surface area contributed by atoms with Gasteiger partial charge < -0.3 is 20.3 Å². The van der Waals surface area contributed by atoms with Gasteiger partial charge in [0.1, 0.15) is 6.04 Å². The quantitative estimate of drug-likeness (QED) is 0.602. The molecule has 100 valence electrons. The lowest BCUT2D eigenvalue weighted by Crippen LogP contribution is -2.41. The highest BCUT2D eigenvalue weighted by Gasteiger charge is 2.22. The number of nitrogens with zero attached hydrogens (tertiary/aromatic N) is 2. The molecule has 18 heavy (non-hydrogen) atoms. The van der Waals surface area contributed by atoms with Crippen molar-refractivity contribution in [2.45, 2.75) is 12.5 Å². The summed E-state index contributed by atoms with van der Waals surface area (Å²) in [5.74, 6) is -1.45. The average Bonchev–Trinajstić information content (AvgIpc) is 2.69. The molecule has 0 spiro atoms. The van der Waals surface area contributed by atoms with E-state index in [-0.39, 0.29) is 18.7 Å². The third-order valence-corrected chi connectivity index (χ3v) is 2.30. The summed E-state index contributed by atoms with van der Waals surface area (Å²) in [4.78, 5) is 22.5. The zero-order valence-electron chi connectivity index (χ0n) is 10.1. The predicted molar refractivity (Wildman–Crippen MR) is 60.4 cm³/mol. The number of rotatable bonds is 6. The van der Waals surface area contributed by atoms with Crippen molar-refractivity contribution in [2.75, 3.05) is 13.7 Å². The topological polar surface area (TPSA) is 114 Å². The Balaban J connectivity index is 2.77. The Morgan fingerprint density at radius 2 is 2.28 bits per heavy atom. The Morgan fingerprint density at radius 1 is 1.61 bits per heavy atom. The smallest absolute Gasteiger partial charge is 0.326 e. The van der Waals surface area contributed by atoms with E-state index in [1.165, 1.54) is 17.9 Å². The second kappa shape index (κ2) is 6.01. The number of carbonyl (C=O) groups excluding carboxylic acids is 1. The highest BCUT2D eigenvalue weighted by Crippen LogP contribution is 2.11. The summed E-state index contributed by atoms with van der Waals surface area (Å²) < 4.78 is 6.30. The number of aromatic nitrogens is 2. The van der Waals surface area contributed by atoms with Gasteiger partial charge in [0.15, 0.2) is 5.69 Å². The summed E-state index contributed by atoms with van der Waals surface area (Å²) in [6.07, 6.45) is -0.0644. The van der Waals surface area contributed by atoms with Crippen molar-refractivity contribution in [3.63, 3.8) is 0 Å². The van der Waals surface area contributed by atoms with Gasteiger partial charge in [-0.3, -0.25) is 4.79 Å². The van der Waals surface area contributed by atoms with E-state index < -0.39 is 17.9 Å². The summed E-state index contributed by atoms with van der Waals surface area (Å²) in [5, 5.41) is 23.7. The van der Waals surface area contributed by atoms with Gasteiger partial charge in [0.2, 0.25) is 5.88 Å². The van der Waals surface area contributed by atoms with Crippen LogP contribution in [0.5, 0.6) is 5.88 Å². The van der Waals surface area contributed by atoms with Gasteiger partial charge in [0, 0.05) is 26.1 Å². The number of aryl methyl sites for hydroxylation is 1. The summed E-state index contributed by atoms with van der Waals surface area (Å²) in [6, 6.07) is 0.253. The molecule has 1 atom stereocenters. The van der Waals surface area contributed by atoms with Gasteiger partial charge in [-0.25, -0.2) is 9.48 Å². The van der Waals surface area contributed by atoms with Crippen LogP contribution in [0.3, 0.4) is 0 Å². The zero-order valence-corrected chi connectivity index (χ0v) is 10.1. The number of aliphatic hydroxyl groups is 1. The van der Waals surface area contributed by atoms with E-state index in [4.69, 9.17) is 14.9 Å². The van der Waals surface area contributed by atoms with Crippen molar-refractivity contribution < 1.29 is 24.5 Å². The third kappa shape index (κ3) is 3.20. The van der Waals surface area contributed by atoms with Crippen molar-refractivity contribution in [1.29, 1.82) is 0 Å². The molecule has 0 fully saturated rings. The number of hydrogen-bond acceptors (Lipinski definition) is 5. The van der Waals surface area contributed by atoms with Gasteiger partial charge in [-0.05, 0) is 0 Å². The third-order valence-electron chi connectivity index (χ3n) is 2.30. The number of carboxylic acids is 1. The number of amides is 1. The normalized spacial score (nSPS) is 11.9. The van der Waals surface area contributed by atoms with Crippen LogP contribution in [0.1, 0.15) is 16.9 Å². The van der Waals surface area contributed by atoms with E-state index in [2.05, 4.69) is 10.4 Å². The van der Waals surface area contributed by atoms with E-state index in [1.54, 1.807) is 7.05 Å².